The standard InChI is InChI=1S/C14H26N2O/c1-3-6-13(15-2)14(7-4-5-8-14)16-9-11-17-12-10-16/h3,13,15H,1,4-12H2,2H3. The molecule has 0 spiro atoms. The van der Waals surface area contributed by atoms with Gasteiger partial charge in [0.1, 0.15) is 0 Å². The van der Waals surface area contributed by atoms with Crippen LogP contribution in [0.3, 0.4) is 0 Å². The molecule has 0 radical (unpaired) electrons. The highest BCUT2D eigenvalue weighted by Gasteiger charge is 2.45. The molecule has 1 unspecified atom stereocenters. The number of nitrogens with zero attached hydrogens (tertiary/aromatic N) is 1. The predicted octanol–water partition coefficient (Wildman–Crippen LogP) is 1.80. The molecule has 0 aromatic carbocycles. The molecule has 1 N–H and O–H groups in total. The van der Waals surface area contributed by atoms with Gasteiger partial charge in [-0.15, -0.1) is 6.58 Å². The third kappa shape index (κ3) is 2.56. The SMILES string of the molecule is C=CCC(NC)C1(N2CCOCC2)CCCC1. The lowest BCUT2D eigenvalue weighted by Gasteiger charge is -2.48. The highest BCUT2D eigenvalue weighted by atomic mass is 16.5. The molecule has 1 aliphatic heterocycles. The summed E-state index contributed by atoms with van der Waals surface area (Å²) in [5.74, 6) is 0. The highest BCUT2D eigenvalue weighted by Crippen LogP contribution is 2.39. The second kappa shape index (κ2) is 5.98. The van der Waals surface area contributed by atoms with Gasteiger partial charge in [-0.1, -0.05) is 18.9 Å². The zero-order chi connectivity index (χ0) is 12.1. The number of hydrogen-bond donors (Lipinski definition) is 1. The van der Waals surface area contributed by atoms with E-state index >= 15 is 0 Å². The summed E-state index contributed by atoms with van der Waals surface area (Å²) in [5.41, 5.74) is 0.354. The summed E-state index contributed by atoms with van der Waals surface area (Å²) >= 11 is 0. The summed E-state index contributed by atoms with van der Waals surface area (Å²) < 4.78 is 5.50. The molecule has 1 atom stereocenters. The Morgan fingerprint density at radius 1 is 1.35 bits per heavy atom. The summed E-state index contributed by atoms with van der Waals surface area (Å²) in [7, 11) is 2.09. The van der Waals surface area contributed by atoms with Crippen LogP contribution in [0.25, 0.3) is 0 Å². The van der Waals surface area contributed by atoms with Gasteiger partial charge < -0.3 is 10.1 Å². The summed E-state index contributed by atoms with van der Waals surface area (Å²) in [6.45, 7) is 7.89. The van der Waals surface area contributed by atoms with Crippen molar-refractivity contribution in [1.82, 2.24) is 10.2 Å². The molecule has 0 amide bonds. The van der Waals surface area contributed by atoms with E-state index in [0.717, 1.165) is 32.7 Å². The van der Waals surface area contributed by atoms with Gasteiger partial charge in [0, 0.05) is 24.7 Å². The molecular weight excluding hydrogens is 212 g/mol. The van der Waals surface area contributed by atoms with Gasteiger partial charge in [-0.3, -0.25) is 4.90 Å². The van der Waals surface area contributed by atoms with Crippen molar-refractivity contribution in [3.05, 3.63) is 12.7 Å². The summed E-state index contributed by atoms with van der Waals surface area (Å²) in [6, 6.07) is 0.542. The fourth-order valence-electron chi connectivity index (χ4n) is 3.65. The summed E-state index contributed by atoms with van der Waals surface area (Å²) in [5, 5.41) is 3.53. The molecule has 3 nitrogen and oxygen atoms in total. The maximum absolute atomic E-state index is 5.50. The monoisotopic (exact) mass is 238 g/mol. The maximum atomic E-state index is 5.50. The average molecular weight is 238 g/mol. The van der Waals surface area contributed by atoms with Crippen LogP contribution in [0.1, 0.15) is 32.1 Å². The molecule has 1 aliphatic carbocycles. The minimum Gasteiger partial charge on any atom is -0.379 e. The number of nitrogens with one attached hydrogen (secondary N) is 1. The van der Waals surface area contributed by atoms with Crippen molar-refractivity contribution in [2.45, 2.75) is 43.7 Å². The fourth-order valence-corrected chi connectivity index (χ4v) is 3.65. The first-order valence-electron chi connectivity index (χ1n) is 6.94. The lowest BCUT2D eigenvalue weighted by molar-refractivity contribution is -0.0343. The smallest absolute Gasteiger partial charge is 0.0594 e. The van der Waals surface area contributed by atoms with E-state index in [1.165, 1.54) is 25.7 Å². The van der Waals surface area contributed by atoms with Crippen molar-refractivity contribution >= 4 is 0 Å². The van der Waals surface area contributed by atoms with E-state index in [0.29, 0.717) is 11.6 Å². The Morgan fingerprint density at radius 2 is 2.00 bits per heavy atom. The number of ether oxygens (including phenoxy) is 1. The molecule has 2 fully saturated rings. The van der Waals surface area contributed by atoms with Gasteiger partial charge in [0.2, 0.25) is 0 Å². The molecule has 3 heteroatoms. The molecule has 0 aromatic heterocycles. The Bertz CT molecular complexity index is 243. The van der Waals surface area contributed by atoms with Gasteiger partial charge in [-0.2, -0.15) is 0 Å². The van der Waals surface area contributed by atoms with Crippen molar-refractivity contribution in [2.24, 2.45) is 0 Å². The van der Waals surface area contributed by atoms with Gasteiger partial charge in [0.05, 0.1) is 13.2 Å². The minimum atomic E-state index is 0.354. The zero-order valence-electron chi connectivity index (χ0n) is 11.1. The van der Waals surface area contributed by atoms with Crippen LogP contribution < -0.4 is 5.32 Å². The van der Waals surface area contributed by atoms with Gasteiger partial charge in [-0.25, -0.2) is 0 Å². The molecule has 1 saturated carbocycles. The molecular formula is C14H26N2O. The van der Waals surface area contributed by atoms with E-state index in [2.05, 4.69) is 29.9 Å². The molecule has 1 heterocycles. The molecule has 0 bridgehead atoms. The first-order chi connectivity index (χ1) is 8.33. The van der Waals surface area contributed by atoms with Gasteiger partial charge in [0.25, 0.3) is 0 Å². The molecule has 1 saturated heterocycles. The van der Waals surface area contributed by atoms with Gasteiger partial charge >= 0.3 is 0 Å². The topological polar surface area (TPSA) is 24.5 Å². The molecule has 98 valence electrons. The lowest BCUT2D eigenvalue weighted by Crippen LogP contribution is -2.61. The van der Waals surface area contributed by atoms with Crippen LogP contribution >= 0.6 is 0 Å². The molecule has 17 heavy (non-hydrogen) atoms. The van der Waals surface area contributed by atoms with Crippen LogP contribution in [0.2, 0.25) is 0 Å². The summed E-state index contributed by atoms with van der Waals surface area (Å²) in [4.78, 5) is 2.67. The predicted molar refractivity (Wildman–Crippen MR) is 71.3 cm³/mol. The van der Waals surface area contributed by atoms with Crippen molar-refractivity contribution in [1.29, 1.82) is 0 Å². The van der Waals surface area contributed by atoms with E-state index < -0.39 is 0 Å². The highest BCUT2D eigenvalue weighted by molar-refractivity contribution is 5.05. The lowest BCUT2D eigenvalue weighted by atomic mass is 9.83. The van der Waals surface area contributed by atoms with Crippen LogP contribution in [-0.2, 0) is 4.74 Å². The number of rotatable bonds is 5. The quantitative estimate of drug-likeness (QED) is 0.739. The van der Waals surface area contributed by atoms with Crippen LogP contribution in [-0.4, -0.2) is 49.8 Å². The van der Waals surface area contributed by atoms with Gasteiger partial charge in [0.15, 0.2) is 0 Å². The molecule has 2 rings (SSSR count). The van der Waals surface area contributed by atoms with Crippen molar-refractivity contribution in [3.8, 4) is 0 Å². The van der Waals surface area contributed by atoms with E-state index in [1.54, 1.807) is 0 Å². The second-order valence-corrected chi connectivity index (χ2v) is 5.28. The van der Waals surface area contributed by atoms with Gasteiger partial charge in [-0.05, 0) is 26.3 Å². The first-order valence-corrected chi connectivity index (χ1v) is 6.94. The molecule has 2 aliphatic rings. The molecule has 0 aromatic rings. The Labute approximate surface area is 105 Å². The Morgan fingerprint density at radius 3 is 2.53 bits per heavy atom. The Balaban J connectivity index is 2.14. The van der Waals surface area contributed by atoms with Crippen LogP contribution in [0.5, 0.6) is 0 Å². The Hall–Kier alpha value is -0.380. The van der Waals surface area contributed by atoms with E-state index in [1.807, 2.05) is 0 Å². The Kier molecular flexibility index (Phi) is 4.60. The number of hydrogen-bond acceptors (Lipinski definition) is 3. The first kappa shape index (κ1) is 13.1. The minimum absolute atomic E-state index is 0.354. The van der Waals surface area contributed by atoms with Crippen LogP contribution in [0, 0.1) is 0 Å². The van der Waals surface area contributed by atoms with E-state index in [9.17, 15) is 0 Å². The van der Waals surface area contributed by atoms with Crippen molar-refractivity contribution in [3.63, 3.8) is 0 Å². The number of morpholine rings is 1. The average Bonchev–Trinajstić information content (AvgIpc) is 2.87. The number of likely N-dealkylation sites (N-methyl/N-ethyl adjacent to an activating group) is 1. The van der Waals surface area contributed by atoms with Crippen LogP contribution in [0.15, 0.2) is 12.7 Å². The third-order valence-corrected chi connectivity index (χ3v) is 4.51. The van der Waals surface area contributed by atoms with Crippen LogP contribution in [0.4, 0.5) is 0 Å². The van der Waals surface area contributed by atoms with Crippen molar-refractivity contribution in [2.75, 3.05) is 33.4 Å². The van der Waals surface area contributed by atoms with E-state index in [-0.39, 0.29) is 0 Å². The summed E-state index contributed by atoms with van der Waals surface area (Å²) in [6.07, 6.45) is 8.51. The second-order valence-electron chi connectivity index (χ2n) is 5.28. The third-order valence-electron chi connectivity index (χ3n) is 4.51. The zero-order valence-corrected chi connectivity index (χ0v) is 11.1. The normalized spacial score (nSPS) is 26.9. The fraction of sp³-hybridized carbons (Fsp3) is 0.857. The van der Waals surface area contributed by atoms with Crippen molar-refractivity contribution < 1.29 is 4.74 Å². The maximum Gasteiger partial charge on any atom is 0.0594 e. The van der Waals surface area contributed by atoms with E-state index in [4.69, 9.17) is 4.74 Å². The largest absolute Gasteiger partial charge is 0.379 e.